The van der Waals surface area contributed by atoms with Gasteiger partial charge in [0.25, 0.3) is 0 Å². The molecule has 0 unspecified atom stereocenters. The minimum Gasteiger partial charge on any atom is -0.481 e. The van der Waals surface area contributed by atoms with E-state index in [1.54, 1.807) is 24.3 Å². The first kappa shape index (κ1) is 14.7. The molecule has 1 aromatic carbocycles. The zero-order chi connectivity index (χ0) is 13.8. The first-order valence-corrected chi connectivity index (χ1v) is 7.03. The van der Waals surface area contributed by atoms with Crippen molar-refractivity contribution in [3.8, 4) is 0 Å². The molecule has 0 saturated carbocycles. The number of hydrogen-bond donors (Lipinski definition) is 1. The molecule has 0 amide bonds. The van der Waals surface area contributed by atoms with Gasteiger partial charge in [-0.2, -0.15) is 0 Å². The Bertz CT molecular complexity index is 507. The van der Waals surface area contributed by atoms with E-state index in [9.17, 15) is 13.2 Å². The second-order valence-corrected chi connectivity index (χ2v) is 6.18. The zero-order valence-electron chi connectivity index (χ0n) is 10.5. The Morgan fingerprint density at radius 2 is 1.83 bits per heavy atom. The van der Waals surface area contributed by atoms with Crippen LogP contribution in [-0.4, -0.2) is 37.4 Å². The fraction of sp³-hybridized carbons (Fsp3) is 0.417. The summed E-state index contributed by atoms with van der Waals surface area (Å²) in [4.78, 5) is 10.6. The third-order valence-electron chi connectivity index (χ3n) is 2.59. The van der Waals surface area contributed by atoms with Gasteiger partial charge in [-0.05, 0) is 25.5 Å². The van der Waals surface area contributed by atoms with Crippen LogP contribution in [0.2, 0.25) is 0 Å². The van der Waals surface area contributed by atoms with Crippen molar-refractivity contribution in [2.75, 3.05) is 13.6 Å². The van der Waals surface area contributed by atoms with Gasteiger partial charge in [0.2, 0.25) is 10.0 Å². The van der Waals surface area contributed by atoms with E-state index < -0.39 is 16.0 Å². The maximum Gasteiger partial charge on any atom is 0.303 e. The van der Waals surface area contributed by atoms with Gasteiger partial charge in [-0.1, -0.05) is 17.7 Å². The number of rotatable bonds is 6. The smallest absolute Gasteiger partial charge is 0.303 e. The van der Waals surface area contributed by atoms with E-state index in [0.29, 0.717) is 6.42 Å². The number of carboxylic acid groups (broad SMARTS) is 1. The molecular weight excluding hydrogens is 254 g/mol. The highest BCUT2D eigenvalue weighted by atomic mass is 32.2. The van der Waals surface area contributed by atoms with Crippen LogP contribution in [0.4, 0.5) is 0 Å². The standard InChI is InChI=1S/C12H17NO4S/c1-10-5-7-11(8-6-10)18(16,17)13(2)9-3-4-12(14)15/h5-8H,3-4,9H2,1-2H3,(H,14,15). The van der Waals surface area contributed by atoms with Crippen LogP contribution >= 0.6 is 0 Å². The SMILES string of the molecule is Cc1ccc(S(=O)(=O)N(C)CCCC(=O)O)cc1. The summed E-state index contributed by atoms with van der Waals surface area (Å²) in [6.07, 6.45) is 0.269. The topological polar surface area (TPSA) is 74.7 Å². The highest BCUT2D eigenvalue weighted by molar-refractivity contribution is 7.89. The summed E-state index contributed by atoms with van der Waals surface area (Å²) in [5.74, 6) is -0.920. The highest BCUT2D eigenvalue weighted by Crippen LogP contribution is 2.15. The molecule has 1 rings (SSSR count). The Hall–Kier alpha value is -1.40. The maximum atomic E-state index is 12.1. The number of sulfonamides is 1. The zero-order valence-corrected chi connectivity index (χ0v) is 11.3. The lowest BCUT2D eigenvalue weighted by Crippen LogP contribution is -2.28. The van der Waals surface area contributed by atoms with Crippen molar-refractivity contribution in [3.63, 3.8) is 0 Å². The van der Waals surface area contributed by atoms with Crippen molar-refractivity contribution in [2.45, 2.75) is 24.7 Å². The molecule has 1 aromatic rings. The molecule has 0 saturated heterocycles. The highest BCUT2D eigenvalue weighted by Gasteiger charge is 2.20. The lowest BCUT2D eigenvalue weighted by atomic mass is 10.2. The lowest BCUT2D eigenvalue weighted by molar-refractivity contribution is -0.137. The summed E-state index contributed by atoms with van der Waals surface area (Å²) in [7, 11) is -2.06. The second-order valence-electron chi connectivity index (χ2n) is 4.14. The Morgan fingerprint density at radius 3 is 2.33 bits per heavy atom. The first-order valence-electron chi connectivity index (χ1n) is 5.59. The average molecular weight is 271 g/mol. The third kappa shape index (κ3) is 3.82. The number of hydrogen-bond acceptors (Lipinski definition) is 3. The molecular formula is C12H17NO4S. The molecule has 6 heteroatoms. The molecule has 0 spiro atoms. The Labute approximate surface area is 107 Å². The van der Waals surface area contributed by atoms with E-state index in [1.807, 2.05) is 6.92 Å². The van der Waals surface area contributed by atoms with Crippen LogP contribution in [0.25, 0.3) is 0 Å². The van der Waals surface area contributed by atoms with Crippen LogP contribution in [0, 0.1) is 6.92 Å². The molecule has 5 nitrogen and oxygen atoms in total. The van der Waals surface area contributed by atoms with Crippen molar-refractivity contribution < 1.29 is 18.3 Å². The summed E-state index contributed by atoms with van der Waals surface area (Å²) in [5, 5.41) is 8.51. The summed E-state index contributed by atoms with van der Waals surface area (Å²) >= 11 is 0. The van der Waals surface area contributed by atoms with Crippen LogP contribution < -0.4 is 0 Å². The fourth-order valence-corrected chi connectivity index (χ4v) is 2.67. The van der Waals surface area contributed by atoms with Crippen molar-refractivity contribution >= 4 is 16.0 Å². The van der Waals surface area contributed by atoms with Gasteiger partial charge in [0.15, 0.2) is 0 Å². The first-order chi connectivity index (χ1) is 8.34. The van der Waals surface area contributed by atoms with Gasteiger partial charge in [0.1, 0.15) is 0 Å². The molecule has 0 heterocycles. The molecule has 0 aromatic heterocycles. The summed E-state index contributed by atoms with van der Waals surface area (Å²) in [6, 6.07) is 6.58. The third-order valence-corrected chi connectivity index (χ3v) is 4.46. The van der Waals surface area contributed by atoms with E-state index >= 15 is 0 Å². The van der Waals surface area contributed by atoms with Crippen LogP contribution in [0.3, 0.4) is 0 Å². The lowest BCUT2D eigenvalue weighted by Gasteiger charge is -2.16. The average Bonchev–Trinajstić information content (AvgIpc) is 2.28. The second kappa shape index (κ2) is 5.97. The molecule has 0 aliphatic carbocycles. The quantitative estimate of drug-likeness (QED) is 0.850. The molecule has 0 aliphatic heterocycles. The molecule has 1 N–H and O–H groups in total. The Kier molecular flexibility index (Phi) is 4.86. The number of nitrogens with zero attached hydrogens (tertiary/aromatic N) is 1. The van der Waals surface area contributed by atoms with E-state index in [2.05, 4.69) is 0 Å². The molecule has 0 fully saturated rings. The number of carbonyl (C=O) groups is 1. The fourth-order valence-electron chi connectivity index (χ4n) is 1.46. The number of carboxylic acids is 1. The van der Waals surface area contributed by atoms with Gasteiger partial charge in [-0.25, -0.2) is 12.7 Å². The van der Waals surface area contributed by atoms with Crippen LogP contribution in [0.5, 0.6) is 0 Å². The van der Waals surface area contributed by atoms with Gasteiger partial charge < -0.3 is 5.11 Å². The predicted molar refractivity (Wildman–Crippen MR) is 67.9 cm³/mol. The molecule has 0 aliphatic rings. The summed E-state index contributed by atoms with van der Waals surface area (Å²) in [5.41, 5.74) is 0.988. The van der Waals surface area contributed by atoms with Gasteiger partial charge in [0.05, 0.1) is 4.90 Å². The van der Waals surface area contributed by atoms with E-state index in [4.69, 9.17) is 5.11 Å². The summed E-state index contributed by atoms with van der Waals surface area (Å²) in [6.45, 7) is 2.08. The van der Waals surface area contributed by atoms with E-state index in [0.717, 1.165) is 5.56 Å². The van der Waals surface area contributed by atoms with E-state index in [1.165, 1.54) is 11.4 Å². The molecule has 0 atom stereocenters. The van der Waals surface area contributed by atoms with Gasteiger partial charge >= 0.3 is 5.97 Å². The normalized spacial score (nSPS) is 11.7. The number of aliphatic carboxylic acids is 1. The van der Waals surface area contributed by atoms with Crippen LogP contribution in [0.1, 0.15) is 18.4 Å². The largest absolute Gasteiger partial charge is 0.481 e. The predicted octanol–water partition coefficient (Wildman–Crippen LogP) is 1.48. The van der Waals surface area contributed by atoms with Crippen LogP contribution in [0.15, 0.2) is 29.2 Å². The van der Waals surface area contributed by atoms with Gasteiger partial charge in [0, 0.05) is 20.0 Å². The van der Waals surface area contributed by atoms with Crippen LogP contribution in [-0.2, 0) is 14.8 Å². The number of benzene rings is 1. The minimum absolute atomic E-state index is 0.0340. The van der Waals surface area contributed by atoms with Gasteiger partial charge in [-0.15, -0.1) is 0 Å². The Balaban J connectivity index is 2.73. The van der Waals surface area contributed by atoms with Gasteiger partial charge in [-0.3, -0.25) is 4.79 Å². The van der Waals surface area contributed by atoms with E-state index in [-0.39, 0.29) is 17.9 Å². The number of aryl methyl sites for hydroxylation is 1. The maximum absolute atomic E-state index is 12.1. The van der Waals surface area contributed by atoms with Crippen molar-refractivity contribution in [1.82, 2.24) is 4.31 Å². The molecule has 100 valence electrons. The molecule has 0 radical (unpaired) electrons. The van der Waals surface area contributed by atoms with Crippen molar-refractivity contribution in [2.24, 2.45) is 0 Å². The van der Waals surface area contributed by atoms with Crippen molar-refractivity contribution in [3.05, 3.63) is 29.8 Å². The summed E-state index contributed by atoms with van der Waals surface area (Å²) < 4.78 is 25.4. The monoisotopic (exact) mass is 271 g/mol. The molecule has 18 heavy (non-hydrogen) atoms. The Morgan fingerprint density at radius 1 is 1.28 bits per heavy atom. The molecule has 0 bridgehead atoms. The minimum atomic E-state index is -3.51. The van der Waals surface area contributed by atoms with Crippen molar-refractivity contribution in [1.29, 1.82) is 0 Å².